The number of aromatic nitrogens is 1. The summed E-state index contributed by atoms with van der Waals surface area (Å²) in [4.78, 5) is 5.62. The SMILES string of the molecule is CN(CCC(C)(C)CN)c1c[nH]c2ccccc12. The topological polar surface area (TPSA) is 45.0 Å². The number of hydrogen-bond donors (Lipinski definition) is 2. The van der Waals surface area contributed by atoms with E-state index in [2.05, 4.69) is 61.2 Å². The molecule has 0 spiro atoms. The maximum absolute atomic E-state index is 5.78. The van der Waals surface area contributed by atoms with Gasteiger partial charge in [0.15, 0.2) is 0 Å². The molecule has 18 heavy (non-hydrogen) atoms. The molecule has 0 aliphatic rings. The minimum atomic E-state index is 0.209. The van der Waals surface area contributed by atoms with Gasteiger partial charge in [-0.15, -0.1) is 0 Å². The highest BCUT2D eigenvalue weighted by atomic mass is 15.1. The monoisotopic (exact) mass is 245 g/mol. The van der Waals surface area contributed by atoms with Gasteiger partial charge in [-0.2, -0.15) is 0 Å². The number of rotatable bonds is 5. The van der Waals surface area contributed by atoms with Gasteiger partial charge >= 0.3 is 0 Å². The van der Waals surface area contributed by atoms with Crippen molar-refractivity contribution in [3.63, 3.8) is 0 Å². The van der Waals surface area contributed by atoms with Gasteiger partial charge in [0.2, 0.25) is 0 Å². The number of nitrogens with one attached hydrogen (secondary N) is 1. The van der Waals surface area contributed by atoms with Crippen LogP contribution in [-0.2, 0) is 0 Å². The van der Waals surface area contributed by atoms with E-state index in [1.807, 2.05) is 0 Å². The number of hydrogen-bond acceptors (Lipinski definition) is 2. The Balaban J connectivity index is 2.12. The highest BCUT2D eigenvalue weighted by Crippen LogP contribution is 2.27. The average molecular weight is 245 g/mol. The molecule has 0 fully saturated rings. The number of aromatic amines is 1. The van der Waals surface area contributed by atoms with Crippen molar-refractivity contribution in [1.29, 1.82) is 0 Å². The maximum Gasteiger partial charge on any atom is 0.0621 e. The second-order valence-electron chi connectivity index (χ2n) is 5.76. The third-order valence-corrected chi connectivity index (χ3v) is 3.66. The van der Waals surface area contributed by atoms with Gasteiger partial charge in [0.25, 0.3) is 0 Å². The number of nitrogens with zero attached hydrogens (tertiary/aromatic N) is 1. The maximum atomic E-state index is 5.78. The highest BCUT2D eigenvalue weighted by molar-refractivity contribution is 5.92. The van der Waals surface area contributed by atoms with Gasteiger partial charge in [-0.25, -0.2) is 0 Å². The fourth-order valence-corrected chi connectivity index (χ4v) is 2.06. The summed E-state index contributed by atoms with van der Waals surface area (Å²) in [5.74, 6) is 0. The summed E-state index contributed by atoms with van der Waals surface area (Å²) in [6.07, 6.45) is 3.18. The van der Waals surface area contributed by atoms with Crippen LogP contribution in [0.15, 0.2) is 30.5 Å². The average Bonchev–Trinajstić information content (AvgIpc) is 2.80. The van der Waals surface area contributed by atoms with Gasteiger partial charge in [0.1, 0.15) is 0 Å². The molecule has 3 nitrogen and oxygen atoms in total. The number of nitrogens with two attached hydrogens (primary N) is 1. The van der Waals surface area contributed by atoms with E-state index in [1.165, 1.54) is 16.6 Å². The smallest absolute Gasteiger partial charge is 0.0621 e. The highest BCUT2D eigenvalue weighted by Gasteiger charge is 2.17. The quantitative estimate of drug-likeness (QED) is 0.850. The van der Waals surface area contributed by atoms with Crippen molar-refractivity contribution in [2.75, 3.05) is 25.0 Å². The lowest BCUT2D eigenvalue weighted by atomic mass is 9.89. The van der Waals surface area contributed by atoms with Gasteiger partial charge in [0, 0.05) is 30.7 Å². The van der Waals surface area contributed by atoms with Crippen molar-refractivity contribution < 1.29 is 0 Å². The molecule has 98 valence electrons. The number of anilines is 1. The second kappa shape index (κ2) is 5.02. The Morgan fingerprint density at radius 3 is 2.72 bits per heavy atom. The number of fused-ring (bicyclic) bond motifs is 1. The van der Waals surface area contributed by atoms with Crippen LogP contribution in [0.3, 0.4) is 0 Å². The van der Waals surface area contributed by atoms with E-state index in [9.17, 15) is 0 Å². The molecular formula is C15H23N3. The summed E-state index contributed by atoms with van der Waals surface area (Å²) in [6, 6.07) is 8.40. The summed E-state index contributed by atoms with van der Waals surface area (Å²) in [7, 11) is 2.14. The number of H-pyrrole nitrogens is 1. The Morgan fingerprint density at radius 1 is 1.28 bits per heavy atom. The van der Waals surface area contributed by atoms with Gasteiger partial charge in [-0.1, -0.05) is 32.0 Å². The van der Waals surface area contributed by atoms with Crippen molar-refractivity contribution in [3.05, 3.63) is 30.5 Å². The van der Waals surface area contributed by atoms with Crippen molar-refractivity contribution >= 4 is 16.6 Å². The lowest BCUT2D eigenvalue weighted by Crippen LogP contribution is -2.29. The van der Waals surface area contributed by atoms with Crippen LogP contribution in [-0.4, -0.2) is 25.1 Å². The predicted octanol–water partition coefficient (Wildman–Crippen LogP) is 2.98. The zero-order valence-corrected chi connectivity index (χ0v) is 11.5. The second-order valence-corrected chi connectivity index (χ2v) is 5.76. The molecule has 2 aromatic rings. The van der Waals surface area contributed by atoms with Gasteiger partial charge < -0.3 is 15.6 Å². The molecule has 0 amide bonds. The van der Waals surface area contributed by atoms with Gasteiger partial charge in [-0.05, 0) is 24.4 Å². The molecular weight excluding hydrogens is 222 g/mol. The van der Waals surface area contributed by atoms with Gasteiger partial charge in [-0.3, -0.25) is 0 Å². The fraction of sp³-hybridized carbons (Fsp3) is 0.467. The molecule has 0 saturated carbocycles. The summed E-state index contributed by atoms with van der Waals surface area (Å²) in [5.41, 5.74) is 8.44. The molecule has 1 aromatic carbocycles. The van der Waals surface area contributed by atoms with E-state index in [4.69, 9.17) is 5.73 Å². The Kier molecular flexibility index (Phi) is 3.62. The van der Waals surface area contributed by atoms with E-state index in [-0.39, 0.29) is 5.41 Å². The molecule has 0 bridgehead atoms. The Morgan fingerprint density at radius 2 is 2.00 bits per heavy atom. The molecule has 1 heterocycles. The van der Waals surface area contributed by atoms with Crippen molar-refractivity contribution in [2.45, 2.75) is 20.3 Å². The number of para-hydroxylation sites is 1. The van der Waals surface area contributed by atoms with E-state index < -0.39 is 0 Å². The molecule has 0 radical (unpaired) electrons. The summed E-state index contributed by atoms with van der Waals surface area (Å²) in [5, 5.41) is 1.28. The van der Waals surface area contributed by atoms with Crippen LogP contribution >= 0.6 is 0 Å². The third kappa shape index (κ3) is 2.67. The Hall–Kier alpha value is -1.48. The molecule has 2 rings (SSSR count). The van der Waals surface area contributed by atoms with Crippen LogP contribution in [0.25, 0.3) is 10.9 Å². The van der Waals surface area contributed by atoms with Crippen molar-refractivity contribution in [2.24, 2.45) is 11.1 Å². The van der Waals surface area contributed by atoms with E-state index in [0.717, 1.165) is 19.5 Å². The van der Waals surface area contributed by atoms with Gasteiger partial charge in [0.05, 0.1) is 5.69 Å². The van der Waals surface area contributed by atoms with Crippen LogP contribution in [0.5, 0.6) is 0 Å². The minimum absolute atomic E-state index is 0.209. The molecule has 3 heteroatoms. The largest absolute Gasteiger partial charge is 0.373 e. The zero-order valence-electron chi connectivity index (χ0n) is 11.5. The summed E-state index contributed by atoms with van der Waals surface area (Å²) in [6.45, 7) is 6.19. The van der Waals surface area contributed by atoms with E-state index >= 15 is 0 Å². The van der Waals surface area contributed by atoms with Crippen LogP contribution < -0.4 is 10.6 Å². The molecule has 0 unspecified atom stereocenters. The molecule has 0 aliphatic carbocycles. The fourth-order valence-electron chi connectivity index (χ4n) is 2.06. The lowest BCUT2D eigenvalue weighted by molar-refractivity contribution is 0.351. The van der Waals surface area contributed by atoms with Crippen molar-refractivity contribution in [1.82, 2.24) is 4.98 Å². The van der Waals surface area contributed by atoms with Crippen LogP contribution in [0.4, 0.5) is 5.69 Å². The minimum Gasteiger partial charge on any atom is -0.373 e. The van der Waals surface area contributed by atoms with Crippen LogP contribution in [0.2, 0.25) is 0 Å². The van der Waals surface area contributed by atoms with Crippen LogP contribution in [0, 0.1) is 5.41 Å². The first-order valence-corrected chi connectivity index (χ1v) is 6.51. The first kappa shape index (κ1) is 13.0. The summed E-state index contributed by atoms with van der Waals surface area (Å²) < 4.78 is 0. The standard InChI is InChI=1S/C15H23N3/c1-15(2,11-16)8-9-18(3)14-10-17-13-7-5-4-6-12(13)14/h4-7,10,17H,8-9,11,16H2,1-3H3. The molecule has 0 aliphatic heterocycles. The van der Waals surface area contributed by atoms with E-state index in [0.29, 0.717) is 0 Å². The predicted molar refractivity (Wildman–Crippen MR) is 79.0 cm³/mol. The molecule has 1 aromatic heterocycles. The van der Waals surface area contributed by atoms with Crippen molar-refractivity contribution in [3.8, 4) is 0 Å². The molecule has 0 atom stereocenters. The van der Waals surface area contributed by atoms with Crippen LogP contribution in [0.1, 0.15) is 20.3 Å². The molecule has 3 N–H and O–H groups in total. The first-order valence-electron chi connectivity index (χ1n) is 6.51. The Bertz CT molecular complexity index is 513. The first-order chi connectivity index (χ1) is 8.53. The Labute approximate surface area is 109 Å². The zero-order chi connectivity index (χ0) is 13.2. The normalized spacial score (nSPS) is 12.0. The number of benzene rings is 1. The summed E-state index contributed by atoms with van der Waals surface area (Å²) >= 11 is 0. The third-order valence-electron chi connectivity index (χ3n) is 3.66. The lowest BCUT2D eigenvalue weighted by Gasteiger charge is -2.26. The van der Waals surface area contributed by atoms with E-state index in [1.54, 1.807) is 0 Å². The molecule has 0 saturated heterocycles.